The van der Waals surface area contributed by atoms with Crippen molar-refractivity contribution in [2.45, 2.75) is 26.3 Å². The number of carbonyl (C=O) groups is 1. The van der Waals surface area contributed by atoms with Gasteiger partial charge in [-0.2, -0.15) is 0 Å². The number of amides is 2. The maximum Gasteiger partial charge on any atom is 0.319 e. The number of anilines is 1. The predicted octanol–water partition coefficient (Wildman–Crippen LogP) is 1.90. The highest BCUT2D eigenvalue weighted by atomic mass is 16.5. The molecule has 0 radical (unpaired) electrons. The number of aryl methyl sites for hydroxylation is 1. The first kappa shape index (κ1) is 14.3. The molecule has 0 aromatic heterocycles. The van der Waals surface area contributed by atoms with E-state index in [1.165, 1.54) is 0 Å². The molecule has 0 heterocycles. The van der Waals surface area contributed by atoms with Crippen molar-refractivity contribution in [3.63, 3.8) is 0 Å². The van der Waals surface area contributed by atoms with Crippen LogP contribution in [0.25, 0.3) is 0 Å². The topological polar surface area (TPSA) is 70.6 Å². The SMILES string of the molecule is CCC(CO)NC(=O)Nc1ccc(C)cc1OC. The van der Waals surface area contributed by atoms with E-state index in [-0.39, 0.29) is 18.7 Å². The van der Waals surface area contributed by atoms with Crippen molar-refractivity contribution >= 4 is 11.7 Å². The molecule has 0 aliphatic heterocycles. The minimum Gasteiger partial charge on any atom is -0.495 e. The number of hydrogen-bond acceptors (Lipinski definition) is 3. The number of carbonyl (C=O) groups excluding carboxylic acids is 1. The Balaban J connectivity index is 2.69. The van der Waals surface area contributed by atoms with Gasteiger partial charge in [-0.05, 0) is 31.0 Å². The summed E-state index contributed by atoms with van der Waals surface area (Å²) in [7, 11) is 1.56. The van der Waals surface area contributed by atoms with Crippen LogP contribution in [0.3, 0.4) is 0 Å². The molecule has 0 bridgehead atoms. The average Bonchev–Trinajstić information content (AvgIpc) is 2.38. The summed E-state index contributed by atoms with van der Waals surface area (Å²) in [4.78, 5) is 11.7. The van der Waals surface area contributed by atoms with Crippen LogP contribution in [0.4, 0.5) is 10.5 Å². The fraction of sp³-hybridized carbons (Fsp3) is 0.462. The Morgan fingerprint density at radius 2 is 2.22 bits per heavy atom. The second kappa shape index (κ2) is 6.86. The van der Waals surface area contributed by atoms with Crippen LogP contribution < -0.4 is 15.4 Å². The lowest BCUT2D eigenvalue weighted by molar-refractivity contribution is 0.222. The maximum atomic E-state index is 11.7. The van der Waals surface area contributed by atoms with Crippen molar-refractivity contribution in [1.82, 2.24) is 5.32 Å². The van der Waals surface area contributed by atoms with Crippen LogP contribution in [0.15, 0.2) is 18.2 Å². The minimum atomic E-state index is -0.349. The molecule has 0 aliphatic rings. The van der Waals surface area contributed by atoms with E-state index in [2.05, 4.69) is 10.6 Å². The minimum absolute atomic E-state index is 0.0745. The fourth-order valence-corrected chi connectivity index (χ4v) is 1.52. The van der Waals surface area contributed by atoms with Gasteiger partial charge in [0.25, 0.3) is 0 Å². The summed E-state index contributed by atoms with van der Waals surface area (Å²) >= 11 is 0. The number of nitrogens with one attached hydrogen (secondary N) is 2. The van der Waals surface area contributed by atoms with E-state index in [1.807, 2.05) is 26.0 Å². The van der Waals surface area contributed by atoms with Gasteiger partial charge in [0, 0.05) is 0 Å². The third-order valence-corrected chi connectivity index (χ3v) is 2.65. The molecule has 1 aromatic rings. The van der Waals surface area contributed by atoms with Crippen LogP contribution in [0.2, 0.25) is 0 Å². The van der Waals surface area contributed by atoms with Crippen molar-refractivity contribution in [2.75, 3.05) is 19.0 Å². The van der Waals surface area contributed by atoms with Gasteiger partial charge >= 0.3 is 6.03 Å². The second-order valence-electron chi connectivity index (χ2n) is 4.09. The summed E-state index contributed by atoms with van der Waals surface area (Å²) < 4.78 is 5.19. The summed E-state index contributed by atoms with van der Waals surface area (Å²) in [5.41, 5.74) is 1.66. The highest BCUT2D eigenvalue weighted by Gasteiger charge is 2.11. The predicted molar refractivity (Wildman–Crippen MR) is 71.1 cm³/mol. The molecule has 0 saturated carbocycles. The number of methoxy groups -OCH3 is 1. The van der Waals surface area contributed by atoms with Gasteiger partial charge in [0.05, 0.1) is 25.4 Å². The third-order valence-electron chi connectivity index (χ3n) is 2.65. The zero-order valence-electron chi connectivity index (χ0n) is 11.0. The van der Waals surface area contributed by atoms with Gasteiger partial charge in [0.1, 0.15) is 5.75 Å². The highest BCUT2D eigenvalue weighted by molar-refractivity contribution is 5.91. The maximum absolute atomic E-state index is 11.7. The lowest BCUT2D eigenvalue weighted by Crippen LogP contribution is -2.39. The number of ether oxygens (including phenoxy) is 1. The molecule has 2 amide bonds. The highest BCUT2D eigenvalue weighted by Crippen LogP contribution is 2.24. The Labute approximate surface area is 107 Å². The van der Waals surface area contributed by atoms with E-state index < -0.39 is 0 Å². The van der Waals surface area contributed by atoms with Crippen molar-refractivity contribution in [3.8, 4) is 5.75 Å². The van der Waals surface area contributed by atoms with Crippen molar-refractivity contribution in [2.24, 2.45) is 0 Å². The summed E-state index contributed by atoms with van der Waals surface area (Å²) in [5.74, 6) is 0.613. The van der Waals surface area contributed by atoms with Crippen molar-refractivity contribution in [3.05, 3.63) is 23.8 Å². The lowest BCUT2D eigenvalue weighted by Gasteiger charge is -2.16. The molecular formula is C13H20N2O3. The molecule has 1 unspecified atom stereocenters. The van der Waals surface area contributed by atoms with Crippen LogP contribution in [-0.4, -0.2) is 30.9 Å². The summed E-state index contributed by atoms with van der Waals surface area (Å²) in [6.07, 6.45) is 0.676. The molecule has 1 atom stereocenters. The Bertz CT molecular complexity index is 403. The molecule has 0 saturated heterocycles. The molecule has 1 aromatic carbocycles. The quantitative estimate of drug-likeness (QED) is 0.749. The number of benzene rings is 1. The zero-order valence-corrected chi connectivity index (χ0v) is 11.0. The normalized spacial score (nSPS) is 11.8. The molecule has 100 valence electrons. The van der Waals surface area contributed by atoms with Gasteiger partial charge in [-0.3, -0.25) is 0 Å². The average molecular weight is 252 g/mol. The zero-order chi connectivity index (χ0) is 13.5. The molecule has 1 rings (SSSR count). The molecular weight excluding hydrogens is 232 g/mol. The Morgan fingerprint density at radius 1 is 1.50 bits per heavy atom. The Hall–Kier alpha value is -1.75. The van der Waals surface area contributed by atoms with Crippen molar-refractivity contribution < 1.29 is 14.6 Å². The second-order valence-corrected chi connectivity index (χ2v) is 4.09. The largest absolute Gasteiger partial charge is 0.495 e. The van der Waals surface area contributed by atoms with Crippen LogP contribution in [0.5, 0.6) is 5.75 Å². The number of hydrogen-bond donors (Lipinski definition) is 3. The first-order valence-electron chi connectivity index (χ1n) is 5.93. The number of urea groups is 1. The Kier molecular flexibility index (Phi) is 5.45. The lowest BCUT2D eigenvalue weighted by atomic mass is 10.2. The number of aliphatic hydroxyl groups excluding tert-OH is 1. The molecule has 5 nitrogen and oxygen atoms in total. The van der Waals surface area contributed by atoms with Gasteiger partial charge < -0.3 is 20.5 Å². The first-order chi connectivity index (χ1) is 8.60. The Morgan fingerprint density at radius 3 is 2.78 bits per heavy atom. The number of aliphatic hydroxyl groups is 1. The van der Waals surface area contributed by atoms with Crippen LogP contribution >= 0.6 is 0 Å². The summed E-state index contributed by atoms with van der Waals surface area (Å²) in [6.45, 7) is 3.77. The molecule has 0 aliphatic carbocycles. The summed E-state index contributed by atoms with van der Waals surface area (Å²) in [5, 5.41) is 14.4. The van der Waals surface area contributed by atoms with Gasteiger partial charge in [-0.1, -0.05) is 13.0 Å². The van der Waals surface area contributed by atoms with Gasteiger partial charge in [-0.25, -0.2) is 4.79 Å². The molecule has 18 heavy (non-hydrogen) atoms. The van der Waals surface area contributed by atoms with Gasteiger partial charge in [0.2, 0.25) is 0 Å². The van der Waals surface area contributed by atoms with E-state index in [0.29, 0.717) is 17.9 Å². The van der Waals surface area contributed by atoms with E-state index >= 15 is 0 Å². The summed E-state index contributed by atoms with van der Waals surface area (Å²) in [6, 6.07) is 4.94. The van der Waals surface area contributed by atoms with Crippen LogP contribution in [0, 0.1) is 6.92 Å². The van der Waals surface area contributed by atoms with Gasteiger partial charge in [-0.15, -0.1) is 0 Å². The van der Waals surface area contributed by atoms with E-state index in [0.717, 1.165) is 5.56 Å². The van der Waals surface area contributed by atoms with Crippen LogP contribution in [0.1, 0.15) is 18.9 Å². The molecule has 0 spiro atoms. The first-order valence-corrected chi connectivity index (χ1v) is 5.93. The van der Waals surface area contributed by atoms with Gasteiger partial charge in [0.15, 0.2) is 0 Å². The standard InChI is InChI=1S/C13H20N2O3/c1-4-10(8-16)14-13(17)15-11-6-5-9(2)7-12(11)18-3/h5-7,10,16H,4,8H2,1-3H3,(H2,14,15,17). The molecule has 5 heteroatoms. The molecule has 3 N–H and O–H groups in total. The third kappa shape index (κ3) is 3.92. The monoisotopic (exact) mass is 252 g/mol. The molecule has 0 fully saturated rings. The smallest absolute Gasteiger partial charge is 0.319 e. The fourth-order valence-electron chi connectivity index (χ4n) is 1.52. The van der Waals surface area contributed by atoms with E-state index in [9.17, 15) is 4.79 Å². The van der Waals surface area contributed by atoms with Crippen molar-refractivity contribution in [1.29, 1.82) is 0 Å². The van der Waals surface area contributed by atoms with Crippen LogP contribution in [-0.2, 0) is 0 Å². The van der Waals surface area contributed by atoms with E-state index in [4.69, 9.17) is 9.84 Å². The van der Waals surface area contributed by atoms with E-state index in [1.54, 1.807) is 13.2 Å². The number of rotatable bonds is 5.